The molecule has 1 saturated carbocycles. The smallest absolute Gasteiger partial charge is 0.151 e. The number of piperidine rings is 1. The van der Waals surface area contributed by atoms with Crippen LogP contribution < -0.4 is 4.74 Å². The van der Waals surface area contributed by atoms with Crippen molar-refractivity contribution in [3.63, 3.8) is 0 Å². The van der Waals surface area contributed by atoms with Crippen LogP contribution in [0.5, 0.6) is 5.75 Å². The summed E-state index contributed by atoms with van der Waals surface area (Å²) in [6.45, 7) is 2.21. The first-order valence-corrected chi connectivity index (χ1v) is 11.5. The van der Waals surface area contributed by atoms with Crippen LogP contribution in [-0.4, -0.2) is 39.7 Å². The van der Waals surface area contributed by atoms with Crippen LogP contribution in [0, 0.1) is 5.92 Å². The van der Waals surface area contributed by atoms with E-state index in [9.17, 15) is 5.11 Å². The van der Waals surface area contributed by atoms with Gasteiger partial charge in [-0.2, -0.15) is 0 Å². The van der Waals surface area contributed by atoms with Gasteiger partial charge in [0.05, 0.1) is 16.7 Å². The molecule has 4 heteroatoms. The number of nitrogens with one attached hydrogen (secondary N) is 1. The Bertz CT molecular complexity index is 1230. The SMILES string of the molecule is O[C@@]12Cc3c([nH]c4ccccc34)[C@H]3Oc4cccc5c4[C@@]31CCN(CC1CC1)C2C5. The van der Waals surface area contributed by atoms with Gasteiger partial charge in [-0.1, -0.05) is 30.3 Å². The van der Waals surface area contributed by atoms with Gasteiger partial charge in [0.25, 0.3) is 0 Å². The summed E-state index contributed by atoms with van der Waals surface area (Å²) in [4.78, 5) is 6.34. The largest absolute Gasteiger partial charge is 0.483 e. The molecular formula is C26H26N2O2. The van der Waals surface area contributed by atoms with Crippen LogP contribution in [0.4, 0.5) is 0 Å². The molecule has 5 aliphatic rings. The van der Waals surface area contributed by atoms with Gasteiger partial charge < -0.3 is 14.8 Å². The lowest BCUT2D eigenvalue weighted by molar-refractivity contribution is -0.173. The molecule has 3 aromatic rings. The second-order valence-corrected chi connectivity index (χ2v) is 10.3. The number of aromatic amines is 1. The van der Waals surface area contributed by atoms with Crippen LogP contribution in [0.15, 0.2) is 42.5 Å². The number of likely N-dealkylation sites (tertiary alicyclic amines) is 1. The molecule has 1 unspecified atom stereocenters. The summed E-state index contributed by atoms with van der Waals surface area (Å²) in [6, 6.07) is 15.2. The number of para-hydroxylation sites is 1. The van der Waals surface area contributed by atoms with Crippen LogP contribution in [0.1, 0.15) is 47.8 Å². The van der Waals surface area contributed by atoms with E-state index in [1.54, 1.807) is 0 Å². The normalized spacial score (nSPS) is 35.8. The number of hydrogen-bond donors (Lipinski definition) is 2. The van der Waals surface area contributed by atoms with Crippen molar-refractivity contribution in [2.45, 2.75) is 55.3 Å². The second-order valence-electron chi connectivity index (χ2n) is 10.3. The van der Waals surface area contributed by atoms with Crippen molar-refractivity contribution in [2.24, 2.45) is 5.92 Å². The maximum atomic E-state index is 12.7. The number of hydrogen-bond acceptors (Lipinski definition) is 3. The summed E-state index contributed by atoms with van der Waals surface area (Å²) in [5, 5.41) is 13.9. The molecule has 3 aliphatic carbocycles. The van der Waals surface area contributed by atoms with Gasteiger partial charge in [0.2, 0.25) is 0 Å². The topological polar surface area (TPSA) is 48.5 Å². The molecule has 2 fully saturated rings. The van der Waals surface area contributed by atoms with Crippen molar-refractivity contribution in [1.82, 2.24) is 9.88 Å². The molecule has 3 heterocycles. The zero-order chi connectivity index (χ0) is 19.7. The van der Waals surface area contributed by atoms with Crippen molar-refractivity contribution >= 4 is 10.9 Å². The summed E-state index contributed by atoms with van der Waals surface area (Å²) in [5.74, 6) is 1.83. The maximum absolute atomic E-state index is 12.7. The van der Waals surface area contributed by atoms with Gasteiger partial charge in [-0.3, -0.25) is 4.90 Å². The summed E-state index contributed by atoms with van der Waals surface area (Å²) in [7, 11) is 0. The zero-order valence-corrected chi connectivity index (χ0v) is 17.0. The molecule has 1 saturated heterocycles. The van der Waals surface area contributed by atoms with Crippen molar-refractivity contribution < 1.29 is 9.84 Å². The van der Waals surface area contributed by atoms with Gasteiger partial charge >= 0.3 is 0 Å². The lowest BCUT2D eigenvalue weighted by atomic mass is 9.49. The van der Waals surface area contributed by atoms with E-state index in [-0.39, 0.29) is 17.6 Å². The Morgan fingerprint density at radius 3 is 2.93 bits per heavy atom. The van der Waals surface area contributed by atoms with E-state index in [0.717, 1.165) is 43.1 Å². The fraction of sp³-hybridized carbons (Fsp3) is 0.462. The predicted octanol–water partition coefficient (Wildman–Crippen LogP) is 3.87. The predicted molar refractivity (Wildman–Crippen MR) is 115 cm³/mol. The Balaban J connectivity index is 1.42. The fourth-order valence-electron chi connectivity index (χ4n) is 7.54. The minimum Gasteiger partial charge on any atom is -0.483 e. The van der Waals surface area contributed by atoms with Gasteiger partial charge in [0.15, 0.2) is 6.10 Å². The standard InChI is InChI=1S/C26H26N2O2/c29-26-13-18-17-5-1-2-6-19(17)27-23(18)24-25(26)10-11-28(14-15-8-9-15)21(26)12-16-4-3-7-20(30-24)22(16)25/h1-7,15,21,24,27,29H,8-14H2/t21?,24-,25+,26-/m1/s1. The van der Waals surface area contributed by atoms with Crippen LogP contribution in [0.25, 0.3) is 10.9 Å². The zero-order valence-electron chi connectivity index (χ0n) is 17.0. The van der Waals surface area contributed by atoms with Crippen molar-refractivity contribution in [2.75, 3.05) is 13.1 Å². The third kappa shape index (κ3) is 1.71. The Labute approximate surface area is 175 Å². The summed E-state index contributed by atoms with van der Waals surface area (Å²) >= 11 is 0. The van der Waals surface area contributed by atoms with E-state index < -0.39 is 5.60 Å². The highest BCUT2D eigenvalue weighted by molar-refractivity contribution is 5.86. The lowest BCUT2D eigenvalue weighted by Gasteiger charge is -2.62. The number of benzene rings is 2. The summed E-state index contributed by atoms with van der Waals surface area (Å²) in [5.41, 5.74) is 5.19. The third-order valence-electron chi connectivity index (χ3n) is 8.97. The molecule has 2 aliphatic heterocycles. The van der Waals surface area contributed by atoms with Gasteiger partial charge in [-0.15, -0.1) is 0 Å². The van der Waals surface area contributed by atoms with Crippen molar-refractivity contribution in [3.8, 4) is 5.75 Å². The summed E-state index contributed by atoms with van der Waals surface area (Å²) in [6.07, 6.45) is 5.20. The van der Waals surface area contributed by atoms with E-state index in [1.165, 1.54) is 40.6 Å². The molecule has 30 heavy (non-hydrogen) atoms. The van der Waals surface area contributed by atoms with Gasteiger partial charge in [0, 0.05) is 35.5 Å². The summed E-state index contributed by atoms with van der Waals surface area (Å²) < 4.78 is 6.72. The molecule has 2 N–H and O–H groups in total. The van der Waals surface area contributed by atoms with Crippen LogP contribution in [-0.2, 0) is 18.3 Å². The maximum Gasteiger partial charge on any atom is 0.151 e. The molecule has 0 amide bonds. The number of rotatable bonds is 2. The molecule has 4 atom stereocenters. The Kier molecular flexibility index (Phi) is 2.80. The number of H-pyrrole nitrogens is 1. The van der Waals surface area contributed by atoms with Crippen molar-refractivity contribution in [3.05, 3.63) is 64.8 Å². The third-order valence-corrected chi connectivity index (χ3v) is 8.97. The van der Waals surface area contributed by atoms with E-state index in [4.69, 9.17) is 4.74 Å². The molecule has 0 radical (unpaired) electrons. The van der Waals surface area contributed by atoms with E-state index >= 15 is 0 Å². The number of nitrogens with zero attached hydrogens (tertiary/aromatic N) is 1. The van der Waals surface area contributed by atoms with E-state index in [1.807, 2.05) is 0 Å². The highest BCUT2D eigenvalue weighted by Crippen LogP contribution is 2.67. The van der Waals surface area contributed by atoms with Gasteiger partial charge in [-0.25, -0.2) is 0 Å². The Morgan fingerprint density at radius 2 is 2.03 bits per heavy atom. The molecule has 4 nitrogen and oxygen atoms in total. The fourth-order valence-corrected chi connectivity index (χ4v) is 7.54. The molecule has 152 valence electrons. The number of aromatic nitrogens is 1. The number of ether oxygens (including phenoxy) is 1. The van der Waals surface area contributed by atoms with Crippen LogP contribution in [0.2, 0.25) is 0 Å². The number of aliphatic hydroxyl groups is 1. The molecule has 2 aromatic carbocycles. The minimum atomic E-state index is -0.789. The average molecular weight is 399 g/mol. The van der Waals surface area contributed by atoms with Crippen LogP contribution >= 0.6 is 0 Å². The van der Waals surface area contributed by atoms with Gasteiger partial charge in [-0.05, 0) is 61.4 Å². The van der Waals surface area contributed by atoms with E-state index in [0.29, 0.717) is 6.42 Å². The van der Waals surface area contributed by atoms with Crippen LogP contribution in [0.3, 0.4) is 0 Å². The lowest BCUT2D eigenvalue weighted by Crippen LogP contribution is -2.74. The first-order valence-electron chi connectivity index (χ1n) is 11.5. The van der Waals surface area contributed by atoms with E-state index in [2.05, 4.69) is 52.3 Å². The Hall–Kier alpha value is -2.30. The first kappa shape index (κ1) is 16.4. The Morgan fingerprint density at radius 1 is 1.13 bits per heavy atom. The number of fused-ring (bicyclic) bond motifs is 4. The van der Waals surface area contributed by atoms with Gasteiger partial charge in [0.1, 0.15) is 5.75 Å². The average Bonchev–Trinajstić information content (AvgIpc) is 3.39. The highest BCUT2D eigenvalue weighted by atomic mass is 16.5. The molecule has 2 bridgehead atoms. The first-order chi connectivity index (χ1) is 14.7. The monoisotopic (exact) mass is 398 g/mol. The second kappa shape index (κ2) is 5.12. The molecule has 8 rings (SSSR count). The molecular weight excluding hydrogens is 372 g/mol. The minimum absolute atomic E-state index is 0.124. The quantitative estimate of drug-likeness (QED) is 0.689. The van der Waals surface area contributed by atoms with Crippen molar-refractivity contribution in [1.29, 1.82) is 0 Å². The molecule has 1 spiro atoms. The highest BCUT2D eigenvalue weighted by Gasteiger charge is 2.72. The molecule has 1 aromatic heterocycles.